The lowest BCUT2D eigenvalue weighted by Gasteiger charge is -2.20. The molecule has 0 fully saturated rings. The Morgan fingerprint density at radius 2 is 1.86 bits per heavy atom. The third-order valence-corrected chi connectivity index (χ3v) is 3.43. The van der Waals surface area contributed by atoms with Gasteiger partial charge in [0.15, 0.2) is 0 Å². The first-order valence-corrected chi connectivity index (χ1v) is 7.37. The maximum atomic E-state index is 13.5. The molecule has 0 spiro atoms. The van der Waals surface area contributed by atoms with Crippen LogP contribution in [0.4, 0.5) is 4.39 Å². The number of ether oxygens (including phenoxy) is 1. The zero-order chi connectivity index (χ0) is 15.2. The van der Waals surface area contributed by atoms with Gasteiger partial charge in [0.2, 0.25) is 0 Å². The van der Waals surface area contributed by atoms with Crippen LogP contribution in [0.25, 0.3) is 0 Å². The summed E-state index contributed by atoms with van der Waals surface area (Å²) in [4.78, 5) is 0. The summed E-state index contributed by atoms with van der Waals surface area (Å²) in [7, 11) is 0. The summed E-state index contributed by atoms with van der Waals surface area (Å²) < 4.78 is 19.0. The van der Waals surface area contributed by atoms with E-state index in [1.165, 1.54) is 6.07 Å². The second kappa shape index (κ2) is 7.23. The van der Waals surface area contributed by atoms with E-state index in [2.05, 4.69) is 18.3 Å². The quantitative estimate of drug-likeness (QED) is 0.858. The normalized spacial score (nSPS) is 12.2. The molecule has 1 atom stereocenters. The minimum atomic E-state index is -0.169. The second-order valence-corrected chi connectivity index (χ2v) is 5.00. The third-order valence-electron chi connectivity index (χ3n) is 3.43. The molecular formula is C18H22FNO. The predicted octanol–water partition coefficient (Wildman–Crippen LogP) is 4.23. The number of hydrogen-bond donors (Lipinski definition) is 1. The maximum Gasteiger partial charge on any atom is 0.126 e. The highest BCUT2D eigenvalue weighted by Crippen LogP contribution is 2.26. The van der Waals surface area contributed by atoms with Crippen LogP contribution in [0.15, 0.2) is 42.5 Å². The third kappa shape index (κ3) is 3.82. The fourth-order valence-corrected chi connectivity index (χ4v) is 2.43. The second-order valence-electron chi connectivity index (χ2n) is 5.00. The van der Waals surface area contributed by atoms with Crippen LogP contribution in [-0.4, -0.2) is 13.2 Å². The zero-order valence-electron chi connectivity index (χ0n) is 12.8. The van der Waals surface area contributed by atoms with Crippen LogP contribution in [0.3, 0.4) is 0 Å². The van der Waals surface area contributed by atoms with Gasteiger partial charge in [-0.15, -0.1) is 0 Å². The van der Waals surface area contributed by atoms with Crippen molar-refractivity contribution in [2.45, 2.75) is 26.8 Å². The minimum absolute atomic E-state index is 0.0368. The molecule has 2 aromatic rings. The molecule has 2 nitrogen and oxygen atoms in total. The molecule has 112 valence electrons. The van der Waals surface area contributed by atoms with Gasteiger partial charge in [0.1, 0.15) is 11.6 Å². The van der Waals surface area contributed by atoms with Gasteiger partial charge in [0, 0.05) is 0 Å². The Morgan fingerprint density at radius 3 is 2.52 bits per heavy atom. The molecule has 0 bridgehead atoms. The summed E-state index contributed by atoms with van der Waals surface area (Å²) in [6.45, 7) is 7.30. The largest absolute Gasteiger partial charge is 0.494 e. The van der Waals surface area contributed by atoms with Gasteiger partial charge in [0.25, 0.3) is 0 Å². The molecule has 0 amide bonds. The van der Waals surface area contributed by atoms with Crippen LogP contribution in [0.2, 0.25) is 0 Å². The van der Waals surface area contributed by atoms with Crippen molar-refractivity contribution in [1.29, 1.82) is 0 Å². The van der Waals surface area contributed by atoms with Gasteiger partial charge in [0.05, 0.1) is 12.6 Å². The topological polar surface area (TPSA) is 21.3 Å². The molecule has 1 unspecified atom stereocenters. The smallest absolute Gasteiger partial charge is 0.126 e. The maximum absolute atomic E-state index is 13.5. The lowest BCUT2D eigenvalue weighted by atomic mass is 9.97. The first kappa shape index (κ1) is 15.5. The highest BCUT2D eigenvalue weighted by atomic mass is 19.1. The van der Waals surface area contributed by atoms with Crippen molar-refractivity contribution in [2.24, 2.45) is 0 Å². The van der Waals surface area contributed by atoms with E-state index < -0.39 is 0 Å². The Bertz CT molecular complexity index is 598. The minimum Gasteiger partial charge on any atom is -0.494 e. The first-order valence-electron chi connectivity index (χ1n) is 7.37. The van der Waals surface area contributed by atoms with Crippen molar-refractivity contribution in [2.75, 3.05) is 13.2 Å². The van der Waals surface area contributed by atoms with Crippen molar-refractivity contribution in [3.63, 3.8) is 0 Å². The van der Waals surface area contributed by atoms with Gasteiger partial charge in [-0.3, -0.25) is 0 Å². The fourth-order valence-electron chi connectivity index (χ4n) is 2.43. The molecule has 0 aliphatic carbocycles. The molecule has 3 heteroatoms. The van der Waals surface area contributed by atoms with E-state index in [1.54, 1.807) is 6.92 Å². The zero-order valence-corrected chi connectivity index (χ0v) is 12.8. The van der Waals surface area contributed by atoms with Crippen molar-refractivity contribution in [3.05, 3.63) is 65.0 Å². The lowest BCUT2D eigenvalue weighted by molar-refractivity contribution is 0.339. The summed E-state index contributed by atoms with van der Waals surface area (Å²) >= 11 is 0. The molecular weight excluding hydrogens is 265 g/mol. The molecule has 0 saturated carbocycles. The molecule has 1 N–H and O–H groups in total. The van der Waals surface area contributed by atoms with E-state index in [0.29, 0.717) is 12.2 Å². The number of benzene rings is 2. The van der Waals surface area contributed by atoms with E-state index in [9.17, 15) is 4.39 Å². The van der Waals surface area contributed by atoms with E-state index in [1.807, 2.05) is 37.3 Å². The van der Waals surface area contributed by atoms with Crippen LogP contribution in [0, 0.1) is 12.7 Å². The molecule has 21 heavy (non-hydrogen) atoms. The van der Waals surface area contributed by atoms with Crippen LogP contribution in [-0.2, 0) is 0 Å². The number of aryl methyl sites for hydroxylation is 1. The van der Waals surface area contributed by atoms with Gasteiger partial charge in [-0.05, 0) is 55.3 Å². The Hall–Kier alpha value is -1.87. The van der Waals surface area contributed by atoms with Crippen molar-refractivity contribution < 1.29 is 9.13 Å². The summed E-state index contributed by atoms with van der Waals surface area (Å²) in [6, 6.07) is 13.3. The Balaban J connectivity index is 2.37. The summed E-state index contributed by atoms with van der Waals surface area (Å²) in [5, 5.41) is 3.45. The monoisotopic (exact) mass is 287 g/mol. The average molecular weight is 287 g/mol. The Kier molecular flexibility index (Phi) is 5.34. The average Bonchev–Trinajstić information content (AvgIpc) is 2.48. The number of hydrogen-bond acceptors (Lipinski definition) is 2. The van der Waals surface area contributed by atoms with Crippen LogP contribution < -0.4 is 10.1 Å². The first-order chi connectivity index (χ1) is 10.2. The summed E-state index contributed by atoms with van der Waals surface area (Å²) in [5.41, 5.74) is 2.84. The van der Waals surface area contributed by atoms with Gasteiger partial charge >= 0.3 is 0 Å². The molecule has 0 saturated heterocycles. The van der Waals surface area contributed by atoms with Crippen LogP contribution in [0.1, 0.15) is 36.6 Å². The summed E-state index contributed by atoms with van der Waals surface area (Å²) in [5.74, 6) is 0.689. The highest BCUT2D eigenvalue weighted by Gasteiger charge is 2.14. The fraction of sp³-hybridized carbons (Fsp3) is 0.333. The van der Waals surface area contributed by atoms with E-state index in [4.69, 9.17) is 4.74 Å². The van der Waals surface area contributed by atoms with Crippen molar-refractivity contribution in [3.8, 4) is 5.75 Å². The Morgan fingerprint density at radius 1 is 1.10 bits per heavy atom. The SMILES string of the molecule is CCNC(c1cccc(OCC)c1)c1ccc(F)c(C)c1. The molecule has 0 aromatic heterocycles. The van der Waals surface area contributed by atoms with E-state index in [0.717, 1.165) is 23.4 Å². The highest BCUT2D eigenvalue weighted by molar-refractivity contribution is 5.38. The lowest BCUT2D eigenvalue weighted by Crippen LogP contribution is -2.22. The van der Waals surface area contributed by atoms with Crippen LogP contribution in [0.5, 0.6) is 5.75 Å². The van der Waals surface area contributed by atoms with Crippen molar-refractivity contribution in [1.82, 2.24) is 5.32 Å². The molecule has 0 radical (unpaired) electrons. The Labute approximate surface area is 126 Å². The van der Waals surface area contributed by atoms with Gasteiger partial charge < -0.3 is 10.1 Å². The van der Waals surface area contributed by atoms with E-state index >= 15 is 0 Å². The van der Waals surface area contributed by atoms with Gasteiger partial charge in [-0.2, -0.15) is 0 Å². The number of nitrogens with one attached hydrogen (secondary N) is 1. The molecule has 0 aliphatic rings. The molecule has 2 rings (SSSR count). The van der Waals surface area contributed by atoms with E-state index in [-0.39, 0.29) is 11.9 Å². The predicted molar refractivity (Wildman–Crippen MR) is 84.3 cm³/mol. The van der Waals surface area contributed by atoms with Gasteiger partial charge in [-0.25, -0.2) is 4.39 Å². The molecule has 0 heterocycles. The number of rotatable bonds is 6. The molecule has 2 aromatic carbocycles. The number of halogens is 1. The summed E-state index contributed by atoms with van der Waals surface area (Å²) in [6.07, 6.45) is 0. The standard InChI is InChI=1S/C18H22FNO/c1-4-20-18(15-9-10-17(19)13(3)11-15)14-7-6-8-16(12-14)21-5-2/h6-12,18,20H,4-5H2,1-3H3. The molecule has 0 aliphatic heterocycles. The van der Waals surface area contributed by atoms with Crippen molar-refractivity contribution >= 4 is 0 Å². The van der Waals surface area contributed by atoms with Gasteiger partial charge in [-0.1, -0.05) is 31.2 Å². The van der Waals surface area contributed by atoms with Crippen LogP contribution >= 0.6 is 0 Å².